The number of rotatable bonds is 2. The second-order valence-electron chi connectivity index (χ2n) is 5.50. The van der Waals surface area contributed by atoms with Gasteiger partial charge in [-0.15, -0.1) is 0 Å². The smallest absolute Gasteiger partial charge is 0.241 e. The summed E-state index contributed by atoms with van der Waals surface area (Å²) >= 11 is 0. The van der Waals surface area contributed by atoms with Crippen molar-refractivity contribution in [1.82, 2.24) is 10.2 Å². The fourth-order valence-corrected chi connectivity index (χ4v) is 1.63. The molecule has 0 aliphatic rings. The number of benzene rings is 1. The number of nitrogens with zero attached hydrogens (tertiary/aromatic N) is 1. The first-order valence-corrected chi connectivity index (χ1v) is 5.87. The van der Waals surface area contributed by atoms with E-state index in [-0.39, 0.29) is 11.3 Å². The number of nitrogens with one attached hydrogen (secondary N) is 2. The number of aromatic nitrogens is 2. The molecule has 1 aromatic heterocycles. The summed E-state index contributed by atoms with van der Waals surface area (Å²) in [6.07, 6.45) is 1.74. The summed E-state index contributed by atoms with van der Waals surface area (Å²) in [7, 11) is 0. The largest absolute Gasteiger partial charge is 0.325 e. The maximum atomic E-state index is 12.0. The van der Waals surface area contributed by atoms with Crippen LogP contribution in [0.1, 0.15) is 20.8 Å². The summed E-state index contributed by atoms with van der Waals surface area (Å²) in [5.74, 6) is -0.179. The van der Waals surface area contributed by atoms with Gasteiger partial charge in [0.2, 0.25) is 5.91 Å². The molecule has 1 heterocycles. The Hall–Kier alpha value is -1.88. The van der Waals surface area contributed by atoms with Gasteiger partial charge in [0.15, 0.2) is 0 Å². The molecule has 0 saturated heterocycles. The second kappa shape index (κ2) is 4.42. The molecule has 5 heteroatoms. The number of aromatic amines is 1. The zero-order valence-corrected chi connectivity index (χ0v) is 10.8. The molecule has 0 unspecified atom stereocenters. The first-order valence-electron chi connectivity index (χ1n) is 5.87. The highest BCUT2D eigenvalue weighted by molar-refractivity contribution is 5.96. The molecule has 0 bridgehead atoms. The highest BCUT2D eigenvalue weighted by Gasteiger charge is 2.27. The van der Waals surface area contributed by atoms with Gasteiger partial charge in [-0.05, 0) is 23.6 Å². The lowest BCUT2D eigenvalue weighted by Gasteiger charge is -2.25. The Balaban J connectivity index is 2.16. The van der Waals surface area contributed by atoms with Gasteiger partial charge in [-0.3, -0.25) is 9.89 Å². The fraction of sp³-hybridized carbons (Fsp3) is 0.385. The number of carbonyl (C=O) groups excluding carboxylic acids is 1. The van der Waals surface area contributed by atoms with Gasteiger partial charge in [0.1, 0.15) is 0 Å². The predicted octanol–water partition coefficient (Wildman–Crippen LogP) is 1.87. The van der Waals surface area contributed by atoms with Crippen LogP contribution in [-0.2, 0) is 4.79 Å². The number of anilines is 1. The third-order valence-electron chi connectivity index (χ3n) is 2.92. The minimum atomic E-state index is -0.546. The van der Waals surface area contributed by atoms with Crippen molar-refractivity contribution in [3.05, 3.63) is 24.4 Å². The van der Waals surface area contributed by atoms with Gasteiger partial charge in [-0.25, -0.2) is 0 Å². The Morgan fingerprint density at radius 1 is 1.44 bits per heavy atom. The summed E-state index contributed by atoms with van der Waals surface area (Å²) in [5, 5.41) is 10.6. The first kappa shape index (κ1) is 12.6. The van der Waals surface area contributed by atoms with Crippen LogP contribution in [0.2, 0.25) is 0 Å². The molecule has 0 radical (unpaired) electrons. The normalized spacial score (nSPS) is 13.6. The molecule has 0 spiro atoms. The van der Waals surface area contributed by atoms with Crippen LogP contribution in [0.5, 0.6) is 0 Å². The van der Waals surface area contributed by atoms with Gasteiger partial charge >= 0.3 is 0 Å². The van der Waals surface area contributed by atoms with Crippen LogP contribution in [0.4, 0.5) is 5.69 Å². The van der Waals surface area contributed by atoms with Gasteiger partial charge in [0.25, 0.3) is 0 Å². The SMILES string of the molecule is CC(C)(C)[C@@H](N)C(=O)Nc1ccc2cn[nH]c2c1. The van der Waals surface area contributed by atoms with Gasteiger partial charge in [-0.1, -0.05) is 20.8 Å². The van der Waals surface area contributed by atoms with Crippen LogP contribution in [0, 0.1) is 5.41 Å². The number of H-pyrrole nitrogens is 1. The van der Waals surface area contributed by atoms with Crippen LogP contribution in [0.3, 0.4) is 0 Å². The van der Waals surface area contributed by atoms with Crippen LogP contribution in [0.25, 0.3) is 10.9 Å². The monoisotopic (exact) mass is 246 g/mol. The Bertz CT molecular complexity index is 568. The molecule has 0 fully saturated rings. The van der Waals surface area contributed by atoms with E-state index >= 15 is 0 Å². The maximum absolute atomic E-state index is 12.0. The zero-order chi connectivity index (χ0) is 13.3. The van der Waals surface area contributed by atoms with E-state index in [9.17, 15) is 4.79 Å². The molecule has 0 aliphatic heterocycles. The first-order chi connectivity index (χ1) is 8.38. The van der Waals surface area contributed by atoms with Crippen LogP contribution in [-0.4, -0.2) is 22.1 Å². The number of nitrogens with two attached hydrogens (primary N) is 1. The summed E-state index contributed by atoms with van der Waals surface area (Å²) in [5.41, 5.74) is 7.25. The average Bonchev–Trinajstić information content (AvgIpc) is 2.73. The molecule has 96 valence electrons. The summed E-state index contributed by atoms with van der Waals surface area (Å²) in [6, 6.07) is 5.03. The Kier molecular flexibility index (Phi) is 3.09. The lowest BCUT2D eigenvalue weighted by molar-refractivity contribution is -0.119. The molecule has 2 rings (SSSR count). The number of amides is 1. The van der Waals surface area contributed by atoms with Gasteiger partial charge in [0, 0.05) is 11.1 Å². The highest BCUT2D eigenvalue weighted by Crippen LogP contribution is 2.20. The fourth-order valence-electron chi connectivity index (χ4n) is 1.63. The molecule has 0 saturated carbocycles. The van der Waals surface area contributed by atoms with E-state index < -0.39 is 6.04 Å². The second-order valence-corrected chi connectivity index (χ2v) is 5.50. The van der Waals surface area contributed by atoms with Crippen molar-refractivity contribution in [1.29, 1.82) is 0 Å². The lowest BCUT2D eigenvalue weighted by atomic mass is 9.87. The third kappa shape index (κ3) is 2.51. The molecule has 2 aromatic rings. The molecule has 1 atom stereocenters. The third-order valence-corrected chi connectivity index (χ3v) is 2.92. The van der Waals surface area contributed by atoms with Crippen molar-refractivity contribution in [2.45, 2.75) is 26.8 Å². The van der Waals surface area contributed by atoms with Gasteiger partial charge in [-0.2, -0.15) is 5.10 Å². The molecule has 18 heavy (non-hydrogen) atoms. The molecule has 0 aliphatic carbocycles. The van der Waals surface area contributed by atoms with E-state index in [2.05, 4.69) is 15.5 Å². The van der Waals surface area contributed by atoms with Crippen molar-refractivity contribution in [3.63, 3.8) is 0 Å². The molecule has 1 aromatic carbocycles. The Morgan fingerprint density at radius 3 is 2.83 bits per heavy atom. The number of hydrogen-bond donors (Lipinski definition) is 3. The van der Waals surface area contributed by atoms with E-state index in [1.165, 1.54) is 0 Å². The Morgan fingerprint density at radius 2 is 2.17 bits per heavy atom. The van der Waals surface area contributed by atoms with E-state index in [4.69, 9.17) is 5.73 Å². The van der Waals surface area contributed by atoms with E-state index in [1.54, 1.807) is 6.20 Å². The van der Waals surface area contributed by atoms with Crippen molar-refractivity contribution >= 4 is 22.5 Å². The van der Waals surface area contributed by atoms with Crippen molar-refractivity contribution < 1.29 is 4.79 Å². The van der Waals surface area contributed by atoms with Crippen LogP contribution >= 0.6 is 0 Å². The summed E-state index contributed by atoms with van der Waals surface area (Å²) in [4.78, 5) is 12.0. The number of hydrogen-bond acceptors (Lipinski definition) is 3. The van der Waals surface area contributed by atoms with E-state index in [1.807, 2.05) is 39.0 Å². The topological polar surface area (TPSA) is 83.8 Å². The van der Waals surface area contributed by atoms with Crippen LogP contribution in [0.15, 0.2) is 24.4 Å². The van der Waals surface area contributed by atoms with Gasteiger partial charge in [0.05, 0.1) is 17.8 Å². The molecular weight excluding hydrogens is 228 g/mol. The van der Waals surface area contributed by atoms with E-state index in [0.717, 1.165) is 16.6 Å². The summed E-state index contributed by atoms with van der Waals surface area (Å²) in [6.45, 7) is 5.82. The molecular formula is C13H18N4O. The number of carbonyl (C=O) groups is 1. The average molecular weight is 246 g/mol. The predicted molar refractivity (Wildman–Crippen MR) is 72.2 cm³/mol. The highest BCUT2D eigenvalue weighted by atomic mass is 16.2. The maximum Gasteiger partial charge on any atom is 0.241 e. The minimum Gasteiger partial charge on any atom is -0.325 e. The standard InChI is InChI=1S/C13H18N4O/c1-13(2,3)11(14)12(18)16-9-5-4-8-7-15-17-10(8)6-9/h4-7,11H,14H2,1-3H3,(H,15,17)(H,16,18)/t11-/m0/s1. The van der Waals surface area contributed by atoms with Crippen LogP contribution < -0.4 is 11.1 Å². The van der Waals surface area contributed by atoms with Crippen molar-refractivity contribution in [2.24, 2.45) is 11.1 Å². The van der Waals surface area contributed by atoms with E-state index in [0.29, 0.717) is 0 Å². The Labute approximate surface area is 106 Å². The zero-order valence-electron chi connectivity index (χ0n) is 10.8. The summed E-state index contributed by atoms with van der Waals surface area (Å²) < 4.78 is 0. The molecule has 1 amide bonds. The lowest BCUT2D eigenvalue weighted by Crippen LogP contribution is -2.45. The molecule has 5 nitrogen and oxygen atoms in total. The number of fused-ring (bicyclic) bond motifs is 1. The quantitative estimate of drug-likeness (QED) is 0.756. The van der Waals surface area contributed by atoms with Crippen molar-refractivity contribution in [2.75, 3.05) is 5.32 Å². The minimum absolute atomic E-state index is 0.179. The molecule has 4 N–H and O–H groups in total. The van der Waals surface area contributed by atoms with Crippen molar-refractivity contribution in [3.8, 4) is 0 Å². The van der Waals surface area contributed by atoms with Gasteiger partial charge < -0.3 is 11.1 Å².